The van der Waals surface area contributed by atoms with Crippen molar-refractivity contribution in [2.75, 3.05) is 5.34 Å². The molecule has 0 radical (unpaired) electrons. The quantitative estimate of drug-likeness (QED) is 0.304. The molecular formula is C20H26BrCl3OSi. The fourth-order valence-electron chi connectivity index (χ4n) is 2.02. The van der Waals surface area contributed by atoms with Gasteiger partial charge in [-0.15, -0.1) is 23.2 Å². The zero-order valence-electron chi connectivity index (χ0n) is 15.9. The van der Waals surface area contributed by atoms with Gasteiger partial charge in [0.25, 0.3) is 0 Å². The van der Waals surface area contributed by atoms with E-state index < -0.39 is 8.32 Å². The second-order valence-electron chi connectivity index (χ2n) is 7.52. The van der Waals surface area contributed by atoms with Crippen LogP contribution in [0.1, 0.15) is 31.9 Å². The maximum absolute atomic E-state index is 6.32. The van der Waals surface area contributed by atoms with E-state index in [1.165, 1.54) is 5.56 Å². The predicted molar refractivity (Wildman–Crippen MR) is 123 cm³/mol. The predicted octanol–water partition coefficient (Wildman–Crippen LogP) is 8.50. The Bertz CT molecular complexity index is 697. The van der Waals surface area contributed by atoms with Crippen LogP contribution in [0.2, 0.25) is 23.2 Å². The molecule has 0 heterocycles. The van der Waals surface area contributed by atoms with E-state index in [1.54, 1.807) is 0 Å². The van der Waals surface area contributed by atoms with Gasteiger partial charge in [0.15, 0.2) is 0 Å². The van der Waals surface area contributed by atoms with Crippen molar-refractivity contribution in [1.29, 1.82) is 0 Å². The third-order valence-electron chi connectivity index (χ3n) is 4.50. The molecule has 0 unspecified atom stereocenters. The van der Waals surface area contributed by atoms with E-state index >= 15 is 0 Å². The average molecular weight is 497 g/mol. The van der Waals surface area contributed by atoms with Crippen molar-refractivity contribution in [2.24, 2.45) is 0 Å². The van der Waals surface area contributed by atoms with Crippen LogP contribution in [0.15, 0.2) is 46.9 Å². The second kappa shape index (κ2) is 10.4. The van der Waals surface area contributed by atoms with E-state index in [0.29, 0.717) is 0 Å². The lowest BCUT2D eigenvalue weighted by Crippen LogP contribution is -2.43. The molecule has 6 heteroatoms. The maximum atomic E-state index is 6.32. The summed E-state index contributed by atoms with van der Waals surface area (Å²) in [5.41, 5.74) is 2.35. The van der Waals surface area contributed by atoms with Crippen LogP contribution >= 0.6 is 50.7 Å². The summed E-state index contributed by atoms with van der Waals surface area (Å²) >= 11 is 19.3. The Morgan fingerprint density at radius 2 is 1.54 bits per heavy atom. The molecule has 0 spiro atoms. The summed E-state index contributed by atoms with van der Waals surface area (Å²) < 4.78 is 7.37. The van der Waals surface area contributed by atoms with Crippen molar-refractivity contribution in [3.05, 3.63) is 63.1 Å². The lowest BCUT2D eigenvalue weighted by atomic mass is 10.1. The third kappa shape index (κ3) is 7.44. The fourth-order valence-corrected chi connectivity index (χ4v) is 3.65. The van der Waals surface area contributed by atoms with Crippen molar-refractivity contribution in [3.63, 3.8) is 0 Å². The SMILES string of the molecule is CC(C)(C)[Si](C)(C)Oc1ccc(Cc2cc(Br)ccc2Cl)cc1.ClCCl. The van der Waals surface area contributed by atoms with Crippen molar-refractivity contribution >= 4 is 59.1 Å². The smallest absolute Gasteiger partial charge is 0.250 e. The van der Waals surface area contributed by atoms with Gasteiger partial charge in [-0.05, 0) is 66.0 Å². The highest BCUT2D eigenvalue weighted by atomic mass is 79.9. The zero-order chi connectivity index (χ0) is 20.0. The number of benzene rings is 2. The first-order valence-electron chi connectivity index (χ1n) is 8.34. The molecule has 144 valence electrons. The minimum absolute atomic E-state index is 0.194. The van der Waals surface area contributed by atoms with Crippen LogP contribution in [0.25, 0.3) is 0 Å². The molecule has 0 saturated heterocycles. The van der Waals surface area contributed by atoms with E-state index in [4.69, 9.17) is 39.2 Å². The number of alkyl halides is 2. The Balaban J connectivity index is 0.00000105. The molecule has 0 saturated carbocycles. The molecule has 0 aliphatic heterocycles. The Morgan fingerprint density at radius 1 is 1.00 bits per heavy atom. The standard InChI is InChI=1S/C19H24BrClOSi.CH2Cl2/c1-19(2,3)23(4,5)22-17-9-6-14(7-10-17)12-15-13-16(20)8-11-18(15)21;2-1-3/h6-11,13H,12H2,1-5H3;1H2. The Morgan fingerprint density at radius 3 is 2.04 bits per heavy atom. The lowest BCUT2D eigenvalue weighted by Gasteiger charge is -2.36. The molecule has 0 N–H and O–H groups in total. The molecule has 2 rings (SSSR count). The second-order valence-corrected chi connectivity index (χ2v) is 14.4. The van der Waals surface area contributed by atoms with Gasteiger partial charge in [0.1, 0.15) is 5.75 Å². The van der Waals surface area contributed by atoms with E-state index in [2.05, 4.69) is 80.1 Å². The molecule has 2 aromatic rings. The number of rotatable bonds is 4. The van der Waals surface area contributed by atoms with E-state index in [9.17, 15) is 0 Å². The minimum Gasteiger partial charge on any atom is -0.544 e. The van der Waals surface area contributed by atoms with Gasteiger partial charge >= 0.3 is 0 Å². The molecule has 0 atom stereocenters. The Kier molecular flexibility index (Phi) is 9.52. The van der Waals surface area contributed by atoms with Crippen LogP contribution in [-0.4, -0.2) is 13.7 Å². The van der Waals surface area contributed by atoms with Crippen molar-refractivity contribution in [3.8, 4) is 5.75 Å². The van der Waals surface area contributed by atoms with Crippen LogP contribution in [0.5, 0.6) is 5.75 Å². The third-order valence-corrected chi connectivity index (χ3v) is 9.73. The Labute approximate surface area is 182 Å². The molecule has 0 aliphatic carbocycles. The summed E-state index contributed by atoms with van der Waals surface area (Å²) in [5.74, 6) is 0.959. The largest absolute Gasteiger partial charge is 0.544 e. The first kappa shape index (κ1) is 23.8. The van der Waals surface area contributed by atoms with Gasteiger partial charge in [0.2, 0.25) is 8.32 Å². The summed E-state index contributed by atoms with van der Waals surface area (Å²) in [5, 5.41) is 1.20. The van der Waals surface area contributed by atoms with Gasteiger partial charge in [-0.3, -0.25) is 0 Å². The van der Waals surface area contributed by atoms with Gasteiger partial charge in [-0.2, -0.15) is 0 Å². The van der Waals surface area contributed by atoms with Crippen molar-refractivity contribution < 1.29 is 4.43 Å². The molecule has 26 heavy (non-hydrogen) atoms. The maximum Gasteiger partial charge on any atom is 0.250 e. The zero-order valence-corrected chi connectivity index (χ0v) is 20.7. The van der Waals surface area contributed by atoms with Crippen LogP contribution < -0.4 is 4.43 Å². The van der Waals surface area contributed by atoms with Gasteiger partial charge in [0, 0.05) is 9.50 Å². The summed E-state index contributed by atoms with van der Waals surface area (Å²) in [4.78, 5) is 0. The molecule has 2 aromatic carbocycles. The van der Waals surface area contributed by atoms with E-state index in [-0.39, 0.29) is 10.4 Å². The minimum atomic E-state index is -1.78. The first-order chi connectivity index (χ1) is 12.0. The van der Waals surface area contributed by atoms with Crippen LogP contribution in [0.4, 0.5) is 0 Å². The molecule has 0 fully saturated rings. The van der Waals surface area contributed by atoms with Gasteiger partial charge < -0.3 is 4.43 Å². The molecular weight excluding hydrogens is 471 g/mol. The van der Waals surface area contributed by atoms with Crippen LogP contribution in [-0.2, 0) is 6.42 Å². The number of hydrogen-bond acceptors (Lipinski definition) is 1. The van der Waals surface area contributed by atoms with Gasteiger partial charge in [0.05, 0.1) is 5.34 Å². The summed E-state index contributed by atoms with van der Waals surface area (Å²) in [6.07, 6.45) is 0.818. The first-order valence-corrected chi connectivity index (χ1v) is 13.5. The monoisotopic (exact) mass is 494 g/mol. The number of halogens is 4. The molecule has 0 bridgehead atoms. The molecule has 1 nitrogen and oxygen atoms in total. The molecule has 0 aliphatic rings. The Hall–Kier alpha value is -0.193. The highest BCUT2D eigenvalue weighted by molar-refractivity contribution is 9.10. The van der Waals surface area contributed by atoms with Crippen LogP contribution in [0.3, 0.4) is 0 Å². The highest BCUT2D eigenvalue weighted by Crippen LogP contribution is 2.37. The number of hydrogen-bond donors (Lipinski definition) is 0. The van der Waals surface area contributed by atoms with E-state index in [0.717, 1.165) is 27.2 Å². The van der Waals surface area contributed by atoms with E-state index in [1.807, 2.05) is 12.1 Å². The highest BCUT2D eigenvalue weighted by Gasteiger charge is 2.38. The van der Waals surface area contributed by atoms with Gasteiger partial charge in [-0.25, -0.2) is 0 Å². The summed E-state index contributed by atoms with van der Waals surface area (Å²) in [7, 11) is -1.78. The van der Waals surface area contributed by atoms with Crippen molar-refractivity contribution in [2.45, 2.75) is 45.3 Å². The lowest BCUT2D eigenvalue weighted by molar-refractivity contribution is 0.492. The summed E-state index contributed by atoms with van der Waals surface area (Å²) in [6.45, 7) is 11.3. The average Bonchev–Trinajstić information content (AvgIpc) is 2.52. The van der Waals surface area contributed by atoms with Crippen LogP contribution in [0, 0.1) is 0 Å². The normalized spacial score (nSPS) is 11.6. The molecule has 0 aromatic heterocycles. The summed E-state index contributed by atoms with van der Waals surface area (Å²) in [6, 6.07) is 14.4. The van der Waals surface area contributed by atoms with Gasteiger partial charge in [-0.1, -0.05) is 60.4 Å². The van der Waals surface area contributed by atoms with Crippen molar-refractivity contribution in [1.82, 2.24) is 0 Å². The fraction of sp³-hybridized carbons (Fsp3) is 0.400. The topological polar surface area (TPSA) is 9.23 Å². The molecule has 0 amide bonds.